The second-order valence-corrected chi connectivity index (χ2v) is 4.35. The lowest BCUT2D eigenvalue weighted by Gasteiger charge is -2.09. The number of rotatable bonds is 2. The number of nitriles is 1. The molecule has 0 aliphatic heterocycles. The van der Waals surface area contributed by atoms with Gasteiger partial charge < -0.3 is 4.74 Å². The third-order valence-electron chi connectivity index (χ3n) is 3.18. The minimum atomic E-state index is -0.297. The molecule has 2 aromatic heterocycles. The number of methoxy groups -OCH3 is 1. The molecule has 0 spiro atoms. The van der Waals surface area contributed by atoms with E-state index in [0.717, 1.165) is 0 Å². The van der Waals surface area contributed by atoms with Crippen LogP contribution >= 0.6 is 0 Å². The van der Waals surface area contributed by atoms with Gasteiger partial charge in [0.25, 0.3) is 5.56 Å². The van der Waals surface area contributed by atoms with E-state index in [2.05, 4.69) is 21.3 Å². The predicted molar refractivity (Wildman–Crippen MR) is 76.9 cm³/mol. The van der Waals surface area contributed by atoms with E-state index in [1.807, 2.05) is 0 Å². The molecule has 1 N–H and O–H groups in total. The van der Waals surface area contributed by atoms with Crippen LogP contribution in [0.3, 0.4) is 0 Å². The number of aromatic nitrogens is 3. The van der Waals surface area contributed by atoms with Crippen molar-refractivity contribution in [2.24, 2.45) is 0 Å². The largest absolute Gasteiger partial charge is 0.496 e. The average Bonchev–Trinajstić information content (AvgIpc) is 2.55. The highest BCUT2D eigenvalue weighted by Gasteiger charge is 2.13. The standard InChI is InChI=1S/C15H10N4O2/c1-21-13-6-9(7-16)2-3-11(13)14-10-4-5-17-8-12(10)15(20)19-18-14/h2-6,8H,1H3,(H,19,20). The molecule has 6 heteroatoms. The quantitative estimate of drug-likeness (QED) is 0.772. The maximum atomic E-state index is 11.8. The number of ether oxygens (including phenoxy) is 1. The molecule has 1 aromatic carbocycles. The predicted octanol–water partition coefficient (Wildman–Crippen LogP) is 1.87. The van der Waals surface area contributed by atoms with E-state index < -0.39 is 0 Å². The van der Waals surface area contributed by atoms with Gasteiger partial charge in [0.15, 0.2) is 0 Å². The monoisotopic (exact) mass is 278 g/mol. The average molecular weight is 278 g/mol. The van der Waals surface area contributed by atoms with E-state index in [0.29, 0.717) is 33.3 Å². The highest BCUT2D eigenvalue weighted by Crippen LogP contribution is 2.32. The van der Waals surface area contributed by atoms with Crippen LogP contribution in [0.15, 0.2) is 41.5 Å². The molecule has 102 valence electrons. The number of H-pyrrole nitrogens is 1. The van der Waals surface area contributed by atoms with Crippen molar-refractivity contribution >= 4 is 10.8 Å². The fourth-order valence-corrected chi connectivity index (χ4v) is 2.17. The number of hydrogen-bond acceptors (Lipinski definition) is 5. The van der Waals surface area contributed by atoms with Crippen molar-refractivity contribution in [2.45, 2.75) is 0 Å². The molecule has 0 aliphatic rings. The molecule has 0 unspecified atom stereocenters. The number of fused-ring (bicyclic) bond motifs is 1. The molecule has 0 fully saturated rings. The first-order chi connectivity index (χ1) is 10.2. The molecule has 0 amide bonds. The van der Waals surface area contributed by atoms with Crippen molar-refractivity contribution in [1.29, 1.82) is 5.26 Å². The molecule has 0 atom stereocenters. The number of nitrogens with one attached hydrogen (secondary N) is 1. The van der Waals surface area contributed by atoms with Crippen LogP contribution in [-0.2, 0) is 0 Å². The Morgan fingerprint density at radius 1 is 1.29 bits per heavy atom. The van der Waals surface area contributed by atoms with E-state index in [4.69, 9.17) is 10.00 Å². The lowest BCUT2D eigenvalue weighted by Crippen LogP contribution is -2.10. The summed E-state index contributed by atoms with van der Waals surface area (Å²) >= 11 is 0. The van der Waals surface area contributed by atoms with Crippen LogP contribution < -0.4 is 10.3 Å². The Kier molecular flexibility index (Phi) is 3.09. The van der Waals surface area contributed by atoms with Crippen molar-refractivity contribution in [3.63, 3.8) is 0 Å². The topological polar surface area (TPSA) is 91.7 Å². The molecule has 2 heterocycles. The Balaban J connectivity index is 2.34. The minimum Gasteiger partial charge on any atom is -0.496 e. The van der Waals surface area contributed by atoms with Gasteiger partial charge in [-0.05, 0) is 24.3 Å². The maximum Gasteiger partial charge on any atom is 0.273 e. The third kappa shape index (κ3) is 2.11. The summed E-state index contributed by atoms with van der Waals surface area (Å²) in [4.78, 5) is 15.7. The Morgan fingerprint density at radius 2 is 2.14 bits per heavy atom. The van der Waals surface area contributed by atoms with Gasteiger partial charge in [-0.3, -0.25) is 9.78 Å². The third-order valence-corrected chi connectivity index (χ3v) is 3.18. The van der Waals surface area contributed by atoms with E-state index in [9.17, 15) is 4.79 Å². The number of nitrogens with zero attached hydrogens (tertiary/aromatic N) is 3. The first-order valence-corrected chi connectivity index (χ1v) is 6.15. The van der Waals surface area contributed by atoms with Crippen molar-refractivity contribution < 1.29 is 4.74 Å². The van der Waals surface area contributed by atoms with Crippen LogP contribution in [0.4, 0.5) is 0 Å². The Hall–Kier alpha value is -3.20. The molecule has 0 saturated heterocycles. The summed E-state index contributed by atoms with van der Waals surface area (Å²) in [6, 6.07) is 8.85. The number of benzene rings is 1. The highest BCUT2D eigenvalue weighted by molar-refractivity contribution is 5.94. The molecule has 6 nitrogen and oxygen atoms in total. The van der Waals surface area contributed by atoms with E-state index >= 15 is 0 Å². The van der Waals surface area contributed by atoms with Gasteiger partial charge in [0.05, 0.1) is 24.1 Å². The van der Waals surface area contributed by atoms with Gasteiger partial charge in [-0.15, -0.1) is 0 Å². The molecular weight excluding hydrogens is 268 g/mol. The van der Waals surface area contributed by atoms with Crippen LogP contribution in [0.1, 0.15) is 5.56 Å². The van der Waals surface area contributed by atoms with Gasteiger partial charge in [0, 0.05) is 23.3 Å². The normalized spacial score (nSPS) is 10.3. The van der Waals surface area contributed by atoms with Crippen LogP contribution in [0.25, 0.3) is 22.0 Å². The number of aromatic amines is 1. The van der Waals surface area contributed by atoms with Gasteiger partial charge >= 0.3 is 0 Å². The molecule has 0 aliphatic carbocycles. The SMILES string of the molecule is COc1cc(C#N)ccc1-c1n[nH]c(=O)c2cnccc12. The van der Waals surface area contributed by atoms with Crippen molar-refractivity contribution in [1.82, 2.24) is 15.2 Å². The van der Waals surface area contributed by atoms with Crippen molar-refractivity contribution in [3.8, 4) is 23.1 Å². The first-order valence-electron chi connectivity index (χ1n) is 6.15. The van der Waals surface area contributed by atoms with Crippen LogP contribution in [-0.4, -0.2) is 22.3 Å². The molecule has 0 saturated carbocycles. The summed E-state index contributed by atoms with van der Waals surface area (Å²) in [6.07, 6.45) is 3.10. The summed E-state index contributed by atoms with van der Waals surface area (Å²) in [7, 11) is 1.52. The van der Waals surface area contributed by atoms with Crippen LogP contribution in [0.5, 0.6) is 5.75 Å². The highest BCUT2D eigenvalue weighted by atomic mass is 16.5. The smallest absolute Gasteiger partial charge is 0.273 e. The summed E-state index contributed by atoms with van der Waals surface area (Å²) < 4.78 is 5.32. The fraction of sp³-hybridized carbons (Fsp3) is 0.0667. The minimum absolute atomic E-state index is 0.297. The molecule has 21 heavy (non-hydrogen) atoms. The van der Waals surface area contributed by atoms with Crippen LogP contribution in [0, 0.1) is 11.3 Å². The van der Waals surface area contributed by atoms with E-state index in [1.54, 1.807) is 30.5 Å². The number of pyridine rings is 1. The van der Waals surface area contributed by atoms with Gasteiger partial charge in [-0.2, -0.15) is 10.4 Å². The zero-order valence-electron chi connectivity index (χ0n) is 11.1. The van der Waals surface area contributed by atoms with E-state index in [1.165, 1.54) is 13.3 Å². The lowest BCUT2D eigenvalue weighted by atomic mass is 10.0. The zero-order valence-corrected chi connectivity index (χ0v) is 11.1. The van der Waals surface area contributed by atoms with Gasteiger partial charge in [-0.1, -0.05) is 0 Å². The van der Waals surface area contributed by atoms with Crippen molar-refractivity contribution in [3.05, 3.63) is 52.6 Å². The Morgan fingerprint density at radius 3 is 2.90 bits per heavy atom. The van der Waals surface area contributed by atoms with Gasteiger partial charge in [0.1, 0.15) is 11.4 Å². The summed E-state index contributed by atoms with van der Waals surface area (Å²) in [5, 5.41) is 16.6. The van der Waals surface area contributed by atoms with Crippen LogP contribution in [0.2, 0.25) is 0 Å². The first kappa shape index (κ1) is 12.8. The molecule has 3 aromatic rings. The van der Waals surface area contributed by atoms with E-state index in [-0.39, 0.29) is 5.56 Å². The summed E-state index contributed by atoms with van der Waals surface area (Å²) in [5.74, 6) is 0.520. The second-order valence-electron chi connectivity index (χ2n) is 4.35. The Bertz CT molecular complexity index is 925. The van der Waals surface area contributed by atoms with Gasteiger partial charge in [0.2, 0.25) is 0 Å². The molecule has 0 bridgehead atoms. The van der Waals surface area contributed by atoms with Crippen molar-refractivity contribution in [2.75, 3.05) is 7.11 Å². The fourth-order valence-electron chi connectivity index (χ4n) is 2.17. The van der Waals surface area contributed by atoms with Gasteiger partial charge in [-0.25, -0.2) is 5.10 Å². The Labute approximate surface area is 119 Å². The summed E-state index contributed by atoms with van der Waals surface area (Å²) in [5.41, 5.74) is 1.47. The molecule has 3 rings (SSSR count). The molecule has 0 radical (unpaired) electrons. The number of hydrogen-bond donors (Lipinski definition) is 1. The second kappa shape index (κ2) is 5.06. The maximum absolute atomic E-state index is 11.8. The zero-order chi connectivity index (χ0) is 14.8. The summed E-state index contributed by atoms with van der Waals surface area (Å²) in [6.45, 7) is 0. The lowest BCUT2D eigenvalue weighted by molar-refractivity contribution is 0.416. The molecular formula is C15H10N4O2.